The molecule has 0 saturated heterocycles. The molecule has 5 nitrogen and oxygen atoms in total. The van der Waals surface area contributed by atoms with E-state index in [9.17, 15) is 4.79 Å². The van der Waals surface area contributed by atoms with Gasteiger partial charge >= 0.3 is 0 Å². The molecule has 0 radical (unpaired) electrons. The smallest absolute Gasteiger partial charge is 0.273 e. The molecular formula is C19H17ClN2O3. The molecule has 3 rings (SSSR count). The number of hydrogen-bond donors (Lipinski definition) is 1. The number of amides is 1. The number of hydrogen-bond acceptors (Lipinski definition) is 4. The molecule has 128 valence electrons. The first-order valence-corrected chi connectivity index (χ1v) is 8.12. The van der Waals surface area contributed by atoms with Gasteiger partial charge in [-0.25, -0.2) is 0 Å². The van der Waals surface area contributed by atoms with Gasteiger partial charge in [-0.05, 0) is 48.9 Å². The van der Waals surface area contributed by atoms with Gasteiger partial charge in [0.25, 0.3) is 5.91 Å². The van der Waals surface area contributed by atoms with Gasteiger partial charge in [-0.2, -0.15) is 0 Å². The highest BCUT2D eigenvalue weighted by molar-refractivity contribution is 6.30. The Hall–Kier alpha value is -2.79. The van der Waals surface area contributed by atoms with Crippen molar-refractivity contribution in [1.29, 1.82) is 0 Å². The summed E-state index contributed by atoms with van der Waals surface area (Å²) in [5.74, 6) is 0.984. The van der Waals surface area contributed by atoms with Gasteiger partial charge in [0.2, 0.25) is 0 Å². The predicted molar refractivity (Wildman–Crippen MR) is 95.8 cm³/mol. The minimum atomic E-state index is -0.299. The Morgan fingerprint density at radius 1 is 1.16 bits per heavy atom. The van der Waals surface area contributed by atoms with E-state index in [1.54, 1.807) is 25.3 Å². The van der Waals surface area contributed by atoms with E-state index in [-0.39, 0.29) is 17.6 Å². The zero-order valence-corrected chi connectivity index (χ0v) is 14.6. The Morgan fingerprint density at radius 3 is 2.48 bits per heavy atom. The lowest BCUT2D eigenvalue weighted by Gasteiger charge is -2.13. The van der Waals surface area contributed by atoms with Crippen LogP contribution in [0.5, 0.6) is 5.75 Å². The van der Waals surface area contributed by atoms with E-state index in [4.69, 9.17) is 20.9 Å². The highest BCUT2D eigenvalue weighted by Crippen LogP contribution is 2.23. The van der Waals surface area contributed by atoms with Crippen molar-refractivity contribution in [3.8, 4) is 17.1 Å². The number of halogens is 1. The van der Waals surface area contributed by atoms with Crippen LogP contribution in [0.3, 0.4) is 0 Å². The minimum Gasteiger partial charge on any atom is -0.497 e. The normalized spacial score (nSPS) is 11.8. The molecule has 0 aliphatic rings. The third-order valence-corrected chi connectivity index (χ3v) is 4.09. The number of nitrogens with one attached hydrogen (secondary N) is 1. The fraction of sp³-hybridized carbons (Fsp3) is 0.158. The molecule has 0 aliphatic heterocycles. The number of rotatable bonds is 5. The molecule has 1 unspecified atom stereocenters. The number of benzene rings is 2. The van der Waals surface area contributed by atoms with Crippen LogP contribution in [0, 0.1) is 0 Å². The van der Waals surface area contributed by atoms with E-state index < -0.39 is 0 Å². The van der Waals surface area contributed by atoms with E-state index in [0.717, 1.165) is 16.9 Å². The van der Waals surface area contributed by atoms with Crippen molar-refractivity contribution in [1.82, 2.24) is 10.5 Å². The Kier molecular flexibility index (Phi) is 5.05. The lowest BCUT2D eigenvalue weighted by Crippen LogP contribution is -2.26. The number of methoxy groups -OCH3 is 1. The van der Waals surface area contributed by atoms with Gasteiger partial charge in [0.15, 0.2) is 11.5 Å². The summed E-state index contributed by atoms with van der Waals surface area (Å²) in [6.45, 7) is 1.90. The second-order valence-electron chi connectivity index (χ2n) is 5.55. The van der Waals surface area contributed by atoms with Crippen LogP contribution in [0.2, 0.25) is 5.02 Å². The molecule has 0 bridgehead atoms. The van der Waals surface area contributed by atoms with Crippen LogP contribution in [0.4, 0.5) is 0 Å². The lowest BCUT2D eigenvalue weighted by molar-refractivity contribution is 0.0931. The molecule has 1 heterocycles. The third kappa shape index (κ3) is 4.00. The lowest BCUT2D eigenvalue weighted by atomic mass is 10.1. The van der Waals surface area contributed by atoms with Crippen LogP contribution >= 0.6 is 11.6 Å². The minimum absolute atomic E-state index is 0.172. The largest absolute Gasteiger partial charge is 0.497 e. The molecule has 0 spiro atoms. The van der Waals surface area contributed by atoms with Crippen LogP contribution < -0.4 is 10.1 Å². The Balaban J connectivity index is 1.69. The molecule has 1 amide bonds. The highest BCUT2D eigenvalue weighted by Gasteiger charge is 2.16. The number of ether oxygens (including phenoxy) is 1. The summed E-state index contributed by atoms with van der Waals surface area (Å²) >= 11 is 5.87. The topological polar surface area (TPSA) is 64.4 Å². The van der Waals surface area contributed by atoms with Crippen LogP contribution in [0.25, 0.3) is 11.3 Å². The first kappa shape index (κ1) is 17.0. The van der Waals surface area contributed by atoms with Gasteiger partial charge in [0, 0.05) is 16.7 Å². The van der Waals surface area contributed by atoms with E-state index in [1.807, 2.05) is 43.3 Å². The van der Waals surface area contributed by atoms with Crippen LogP contribution in [0.15, 0.2) is 59.1 Å². The maximum Gasteiger partial charge on any atom is 0.273 e. The molecule has 2 aromatic carbocycles. The van der Waals surface area contributed by atoms with Gasteiger partial charge in [-0.1, -0.05) is 28.9 Å². The van der Waals surface area contributed by atoms with Crippen molar-refractivity contribution in [2.45, 2.75) is 13.0 Å². The van der Waals surface area contributed by atoms with Gasteiger partial charge in [0.05, 0.1) is 13.2 Å². The molecule has 3 aromatic rings. The summed E-state index contributed by atoms with van der Waals surface area (Å²) in [5.41, 5.74) is 2.00. The van der Waals surface area contributed by atoms with Crippen molar-refractivity contribution in [2.75, 3.05) is 7.11 Å². The molecule has 0 saturated carbocycles. The fourth-order valence-corrected chi connectivity index (χ4v) is 2.50. The Labute approximate surface area is 150 Å². The molecule has 0 fully saturated rings. The zero-order chi connectivity index (χ0) is 17.8. The molecule has 1 aromatic heterocycles. The Morgan fingerprint density at radius 2 is 1.84 bits per heavy atom. The molecule has 1 N–H and O–H groups in total. The highest BCUT2D eigenvalue weighted by atomic mass is 35.5. The first-order valence-electron chi connectivity index (χ1n) is 7.74. The summed E-state index contributed by atoms with van der Waals surface area (Å²) < 4.78 is 10.4. The van der Waals surface area contributed by atoms with E-state index in [2.05, 4.69) is 10.5 Å². The first-order chi connectivity index (χ1) is 12.1. The Bertz CT molecular complexity index is 857. The summed E-state index contributed by atoms with van der Waals surface area (Å²) in [7, 11) is 1.61. The van der Waals surface area contributed by atoms with Crippen LogP contribution in [-0.4, -0.2) is 18.2 Å². The van der Waals surface area contributed by atoms with Crippen LogP contribution in [-0.2, 0) is 0 Å². The standard InChI is InChI=1S/C19H17ClN2O3/c1-12(13-5-9-16(24-2)10-6-13)21-19(23)17-11-18(25-22-17)14-3-7-15(20)8-4-14/h3-12H,1-2H3,(H,21,23). The molecule has 25 heavy (non-hydrogen) atoms. The van der Waals surface area contributed by atoms with E-state index in [1.165, 1.54) is 0 Å². The zero-order valence-electron chi connectivity index (χ0n) is 13.8. The van der Waals surface area contributed by atoms with Crippen LogP contribution in [0.1, 0.15) is 29.0 Å². The third-order valence-electron chi connectivity index (χ3n) is 3.83. The number of aromatic nitrogens is 1. The summed E-state index contributed by atoms with van der Waals surface area (Å²) in [6, 6.07) is 16.1. The molecule has 1 atom stereocenters. The summed E-state index contributed by atoms with van der Waals surface area (Å²) in [6.07, 6.45) is 0. The van der Waals surface area contributed by atoms with Crippen molar-refractivity contribution in [3.05, 3.63) is 70.9 Å². The summed E-state index contributed by atoms with van der Waals surface area (Å²) in [4.78, 5) is 12.4. The SMILES string of the molecule is COc1ccc(C(C)NC(=O)c2cc(-c3ccc(Cl)cc3)on2)cc1. The maximum absolute atomic E-state index is 12.4. The average Bonchev–Trinajstić information content (AvgIpc) is 3.12. The summed E-state index contributed by atoms with van der Waals surface area (Å²) in [5, 5.41) is 7.38. The molecular weight excluding hydrogens is 340 g/mol. The maximum atomic E-state index is 12.4. The average molecular weight is 357 g/mol. The monoisotopic (exact) mass is 356 g/mol. The predicted octanol–water partition coefficient (Wildman–Crippen LogP) is 4.49. The fourth-order valence-electron chi connectivity index (χ4n) is 2.38. The van der Waals surface area contributed by atoms with Gasteiger partial charge in [0.1, 0.15) is 5.75 Å². The molecule has 6 heteroatoms. The van der Waals surface area contributed by atoms with Gasteiger partial charge < -0.3 is 14.6 Å². The van der Waals surface area contributed by atoms with Crippen molar-refractivity contribution in [2.24, 2.45) is 0 Å². The number of carbonyl (C=O) groups excluding carboxylic acids is 1. The number of nitrogens with zero attached hydrogens (tertiary/aromatic N) is 1. The molecule has 0 aliphatic carbocycles. The van der Waals surface area contributed by atoms with Gasteiger partial charge in [-0.3, -0.25) is 4.79 Å². The van der Waals surface area contributed by atoms with E-state index in [0.29, 0.717) is 10.8 Å². The number of carbonyl (C=O) groups is 1. The quantitative estimate of drug-likeness (QED) is 0.731. The van der Waals surface area contributed by atoms with Gasteiger partial charge in [-0.15, -0.1) is 0 Å². The van der Waals surface area contributed by atoms with Crippen molar-refractivity contribution in [3.63, 3.8) is 0 Å². The van der Waals surface area contributed by atoms with Crippen molar-refractivity contribution < 1.29 is 14.1 Å². The second kappa shape index (κ2) is 7.40. The van der Waals surface area contributed by atoms with E-state index >= 15 is 0 Å². The van der Waals surface area contributed by atoms with Crippen molar-refractivity contribution >= 4 is 17.5 Å². The second-order valence-corrected chi connectivity index (χ2v) is 5.99.